The van der Waals surface area contributed by atoms with Crippen LogP contribution in [0.25, 0.3) is 0 Å². The number of aliphatic carboxylic acids is 1. The van der Waals surface area contributed by atoms with Crippen molar-refractivity contribution in [1.82, 2.24) is 9.62 Å². The molecule has 1 fully saturated rings. The molecule has 0 unspecified atom stereocenters. The Bertz CT molecular complexity index is 460. The van der Waals surface area contributed by atoms with Crippen LogP contribution in [-0.2, 0) is 19.6 Å². The summed E-state index contributed by atoms with van der Waals surface area (Å²) in [5.74, 6) is -1.77. The molecule has 1 amide bonds. The molecule has 19 heavy (non-hydrogen) atoms. The largest absolute Gasteiger partial charge is 0.480 e. The fourth-order valence-electron chi connectivity index (χ4n) is 2.17. The molecule has 1 rings (SSSR count). The summed E-state index contributed by atoms with van der Waals surface area (Å²) in [6, 6.07) is -1.77. The van der Waals surface area contributed by atoms with Gasteiger partial charge in [0.15, 0.2) is 0 Å². The standard InChI is InChI=1S/C11H20N2O5S/c1-7(2)9(12-19(3,17)18)10(14)13-6-4-5-8(13)11(15)16/h7-9,12H,4-6H2,1-3H3,(H,15,16)/t8-,9-/m0/s1. The summed E-state index contributed by atoms with van der Waals surface area (Å²) in [5.41, 5.74) is 0. The Labute approximate surface area is 113 Å². The second-order valence-electron chi connectivity index (χ2n) is 5.14. The minimum atomic E-state index is -3.53. The van der Waals surface area contributed by atoms with Gasteiger partial charge in [-0.1, -0.05) is 13.8 Å². The Balaban J connectivity index is 2.91. The molecule has 2 atom stereocenters. The number of hydrogen-bond acceptors (Lipinski definition) is 4. The molecule has 7 nitrogen and oxygen atoms in total. The predicted molar refractivity (Wildman–Crippen MR) is 69.0 cm³/mol. The third-order valence-electron chi connectivity index (χ3n) is 3.09. The first kappa shape index (κ1) is 15.9. The van der Waals surface area contributed by atoms with Gasteiger partial charge in [-0.2, -0.15) is 0 Å². The number of amides is 1. The summed E-state index contributed by atoms with van der Waals surface area (Å²) in [6.45, 7) is 3.78. The molecule has 0 aromatic rings. The van der Waals surface area contributed by atoms with Crippen LogP contribution in [0.5, 0.6) is 0 Å². The van der Waals surface area contributed by atoms with Crippen LogP contribution in [-0.4, -0.2) is 55.2 Å². The molecule has 0 saturated carbocycles. The summed E-state index contributed by atoms with van der Waals surface area (Å²) in [5, 5.41) is 9.05. The van der Waals surface area contributed by atoms with E-state index in [9.17, 15) is 18.0 Å². The van der Waals surface area contributed by atoms with E-state index in [-0.39, 0.29) is 5.92 Å². The molecular weight excluding hydrogens is 272 g/mol. The van der Waals surface area contributed by atoms with Gasteiger partial charge in [-0.15, -0.1) is 0 Å². The number of sulfonamides is 1. The number of nitrogens with zero attached hydrogens (tertiary/aromatic N) is 1. The van der Waals surface area contributed by atoms with Gasteiger partial charge in [0.05, 0.1) is 6.26 Å². The molecule has 0 radical (unpaired) electrons. The van der Waals surface area contributed by atoms with E-state index in [1.165, 1.54) is 4.90 Å². The van der Waals surface area contributed by atoms with E-state index in [4.69, 9.17) is 5.11 Å². The molecule has 0 aromatic heterocycles. The Morgan fingerprint density at radius 1 is 1.37 bits per heavy atom. The average Bonchev–Trinajstić information content (AvgIpc) is 2.72. The first-order valence-electron chi connectivity index (χ1n) is 6.14. The van der Waals surface area contributed by atoms with E-state index >= 15 is 0 Å². The smallest absolute Gasteiger partial charge is 0.326 e. The summed E-state index contributed by atoms with van der Waals surface area (Å²) < 4.78 is 24.8. The predicted octanol–water partition coefficient (Wildman–Crippen LogP) is -0.364. The third-order valence-corrected chi connectivity index (χ3v) is 3.78. The van der Waals surface area contributed by atoms with Crippen molar-refractivity contribution < 1.29 is 23.1 Å². The molecule has 0 bridgehead atoms. The van der Waals surface area contributed by atoms with Gasteiger partial charge >= 0.3 is 5.97 Å². The molecule has 1 aliphatic heterocycles. The monoisotopic (exact) mass is 292 g/mol. The summed E-state index contributed by atoms with van der Waals surface area (Å²) >= 11 is 0. The van der Waals surface area contributed by atoms with E-state index < -0.39 is 34.0 Å². The van der Waals surface area contributed by atoms with Crippen LogP contribution in [0, 0.1) is 5.92 Å². The highest BCUT2D eigenvalue weighted by atomic mass is 32.2. The third kappa shape index (κ3) is 4.17. The normalized spacial score (nSPS) is 21.7. The molecular formula is C11H20N2O5S. The van der Waals surface area contributed by atoms with Gasteiger partial charge < -0.3 is 10.0 Å². The fourth-order valence-corrected chi connectivity index (χ4v) is 3.00. The molecule has 0 aromatic carbocycles. The van der Waals surface area contributed by atoms with E-state index in [0.717, 1.165) is 6.26 Å². The maximum absolute atomic E-state index is 12.3. The van der Waals surface area contributed by atoms with Crippen LogP contribution in [0.15, 0.2) is 0 Å². The maximum atomic E-state index is 12.3. The number of hydrogen-bond donors (Lipinski definition) is 2. The second-order valence-corrected chi connectivity index (χ2v) is 6.92. The van der Waals surface area contributed by atoms with E-state index in [1.807, 2.05) is 0 Å². The molecule has 1 aliphatic rings. The van der Waals surface area contributed by atoms with Crippen LogP contribution in [0.3, 0.4) is 0 Å². The van der Waals surface area contributed by atoms with Crippen LogP contribution in [0.1, 0.15) is 26.7 Å². The van der Waals surface area contributed by atoms with Crippen molar-refractivity contribution in [2.75, 3.05) is 12.8 Å². The molecule has 2 N–H and O–H groups in total. The van der Waals surface area contributed by atoms with Crippen molar-refractivity contribution in [3.05, 3.63) is 0 Å². The SMILES string of the molecule is CC(C)[C@H](NS(C)(=O)=O)C(=O)N1CCC[C@H]1C(=O)O. The van der Waals surface area contributed by atoms with Crippen LogP contribution < -0.4 is 4.72 Å². The lowest BCUT2D eigenvalue weighted by atomic mass is 10.0. The van der Waals surface area contributed by atoms with Crippen molar-refractivity contribution in [3.63, 3.8) is 0 Å². The minimum Gasteiger partial charge on any atom is -0.480 e. The molecule has 1 saturated heterocycles. The lowest BCUT2D eigenvalue weighted by Gasteiger charge is -2.28. The summed E-state index contributed by atoms with van der Waals surface area (Å²) in [4.78, 5) is 24.6. The van der Waals surface area contributed by atoms with Crippen molar-refractivity contribution in [2.24, 2.45) is 5.92 Å². The Morgan fingerprint density at radius 2 is 1.95 bits per heavy atom. The maximum Gasteiger partial charge on any atom is 0.326 e. The first-order chi connectivity index (χ1) is 8.63. The highest BCUT2D eigenvalue weighted by Crippen LogP contribution is 2.20. The quantitative estimate of drug-likeness (QED) is 0.720. The van der Waals surface area contributed by atoms with Gasteiger partial charge in [0, 0.05) is 6.54 Å². The number of carbonyl (C=O) groups is 2. The molecule has 0 aliphatic carbocycles. The van der Waals surface area contributed by atoms with Gasteiger partial charge in [0.2, 0.25) is 15.9 Å². The van der Waals surface area contributed by atoms with E-state index in [2.05, 4.69) is 4.72 Å². The minimum absolute atomic E-state index is 0.253. The lowest BCUT2D eigenvalue weighted by Crippen LogP contribution is -2.53. The average molecular weight is 292 g/mol. The van der Waals surface area contributed by atoms with Crippen molar-refractivity contribution >= 4 is 21.9 Å². The van der Waals surface area contributed by atoms with Crippen LogP contribution in [0.2, 0.25) is 0 Å². The Hall–Kier alpha value is -1.15. The summed E-state index contributed by atoms with van der Waals surface area (Å²) in [6.07, 6.45) is 2.01. The number of carboxylic acids is 1. The zero-order chi connectivity index (χ0) is 14.8. The highest BCUT2D eigenvalue weighted by molar-refractivity contribution is 7.88. The topological polar surface area (TPSA) is 104 Å². The van der Waals surface area contributed by atoms with Gasteiger partial charge in [0.1, 0.15) is 12.1 Å². The van der Waals surface area contributed by atoms with Gasteiger partial charge in [0.25, 0.3) is 0 Å². The number of carbonyl (C=O) groups excluding carboxylic acids is 1. The van der Waals surface area contributed by atoms with Gasteiger partial charge in [-0.05, 0) is 18.8 Å². The summed E-state index contributed by atoms with van der Waals surface area (Å²) in [7, 11) is -3.53. The van der Waals surface area contributed by atoms with Crippen molar-refractivity contribution in [3.8, 4) is 0 Å². The van der Waals surface area contributed by atoms with Crippen molar-refractivity contribution in [2.45, 2.75) is 38.8 Å². The Kier molecular flexibility index (Phi) is 4.92. The zero-order valence-electron chi connectivity index (χ0n) is 11.3. The van der Waals surface area contributed by atoms with E-state index in [1.54, 1.807) is 13.8 Å². The van der Waals surface area contributed by atoms with Gasteiger partial charge in [-0.3, -0.25) is 4.79 Å². The number of nitrogens with one attached hydrogen (secondary N) is 1. The first-order valence-corrected chi connectivity index (χ1v) is 8.03. The zero-order valence-corrected chi connectivity index (χ0v) is 12.1. The molecule has 1 heterocycles. The van der Waals surface area contributed by atoms with Crippen LogP contribution in [0.4, 0.5) is 0 Å². The Morgan fingerprint density at radius 3 is 2.37 bits per heavy atom. The molecule has 8 heteroatoms. The van der Waals surface area contributed by atoms with Crippen LogP contribution >= 0.6 is 0 Å². The number of carboxylic acid groups (broad SMARTS) is 1. The molecule has 110 valence electrons. The van der Waals surface area contributed by atoms with Crippen molar-refractivity contribution in [1.29, 1.82) is 0 Å². The second kappa shape index (κ2) is 5.87. The lowest BCUT2D eigenvalue weighted by molar-refractivity contribution is -0.149. The van der Waals surface area contributed by atoms with Gasteiger partial charge in [-0.25, -0.2) is 17.9 Å². The fraction of sp³-hybridized carbons (Fsp3) is 0.818. The number of rotatable bonds is 5. The molecule has 0 spiro atoms. The number of likely N-dealkylation sites (tertiary alicyclic amines) is 1. The highest BCUT2D eigenvalue weighted by Gasteiger charge is 2.38. The van der Waals surface area contributed by atoms with E-state index in [0.29, 0.717) is 19.4 Å².